The first-order chi connectivity index (χ1) is 8.97. The van der Waals surface area contributed by atoms with E-state index in [-0.39, 0.29) is 6.04 Å². The average molecular weight is 361 g/mol. The summed E-state index contributed by atoms with van der Waals surface area (Å²) in [5.74, 6) is 1.18. The fourth-order valence-corrected chi connectivity index (χ4v) is 2.34. The van der Waals surface area contributed by atoms with E-state index >= 15 is 0 Å². The number of halogens is 3. The summed E-state index contributed by atoms with van der Waals surface area (Å²) >= 11 is 15.4. The Morgan fingerprint density at radius 1 is 1.11 bits per heavy atom. The standard InChI is InChI=1S/C14H12BrCl2NO/c1-8(18)11-6-9(15)2-5-13(11)19-14-7-10(16)3-4-12(14)17/h2-8H,18H2,1H3. The summed E-state index contributed by atoms with van der Waals surface area (Å²) < 4.78 is 6.77. The molecule has 0 aromatic heterocycles. The molecule has 2 nitrogen and oxygen atoms in total. The maximum absolute atomic E-state index is 6.09. The lowest BCUT2D eigenvalue weighted by molar-refractivity contribution is 0.472. The van der Waals surface area contributed by atoms with Gasteiger partial charge in [0.05, 0.1) is 5.02 Å². The van der Waals surface area contributed by atoms with E-state index in [9.17, 15) is 0 Å². The fraction of sp³-hybridized carbons (Fsp3) is 0.143. The van der Waals surface area contributed by atoms with E-state index in [1.54, 1.807) is 18.2 Å². The van der Waals surface area contributed by atoms with E-state index in [0.717, 1.165) is 10.0 Å². The van der Waals surface area contributed by atoms with Crippen molar-refractivity contribution in [1.29, 1.82) is 0 Å². The molecular weight excluding hydrogens is 349 g/mol. The molecule has 2 N–H and O–H groups in total. The van der Waals surface area contributed by atoms with E-state index in [1.165, 1.54) is 0 Å². The minimum Gasteiger partial charge on any atom is -0.455 e. The molecule has 0 fully saturated rings. The molecular formula is C14H12BrCl2NO. The molecule has 0 aliphatic carbocycles. The Kier molecular flexibility index (Phi) is 4.74. The SMILES string of the molecule is CC(N)c1cc(Br)ccc1Oc1cc(Cl)ccc1Cl. The predicted molar refractivity (Wildman–Crippen MR) is 83.3 cm³/mol. The third-order valence-corrected chi connectivity index (χ3v) is 3.62. The highest BCUT2D eigenvalue weighted by Crippen LogP contribution is 2.35. The quantitative estimate of drug-likeness (QED) is 0.776. The second-order valence-corrected chi connectivity index (χ2v) is 5.91. The highest BCUT2D eigenvalue weighted by atomic mass is 79.9. The monoisotopic (exact) mass is 359 g/mol. The van der Waals surface area contributed by atoms with Crippen LogP contribution >= 0.6 is 39.1 Å². The van der Waals surface area contributed by atoms with Crippen molar-refractivity contribution in [2.75, 3.05) is 0 Å². The molecule has 0 spiro atoms. The second-order valence-electron chi connectivity index (χ2n) is 4.15. The van der Waals surface area contributed by atoms with Crippen molar-refractivity contribution in [3.63, 3.8) is 0 Å². The first-order valence-electron chi connectivity index (χ1n) is 5.65. The van der Waals surface area contributed by atoms with E-state index in [4.69, 9.17) is 33.7 Å². The summed E-state index contributed by atoms with van der Waals surface area (Å²) in [5.41, 5.74) is 6.84. The van der Waals surface area contributed by atoms with Crippen LogP contribution in [0.25, 0.3) is 0 Å². The minimum atomic E-state index is -0.148. The van der Waals surface area contributed by atoms with Gasteiger partial charge in [0.2, 0.25) is 0 Å². The van der Waals surface area contributed by atoms with Crippen LogP contribution in [0.15, 0.2) is 40.9 Å². The van der Waals surface area contributed by atoms with Gasteiger partial charge in [-0.1, -0.05) is 39.1 Å². The first-order valence-corrected chi connectivity index (χ1v) is 7.20. The molecule has 2 aromatic carbocycles. The molecule has 0 aliphatic rings. The molecule has 2 aromatic rings. The van der Waals surface area contributed by atoms with Crippen LogP contribution in [0.3, 0.4) is 0 Å². The molecule has 2 rings (SSSR count). The summed E-state index contributed by atoms with van der Waals surface area (Å²) in [6.45, 7) is 1.90. The lowest BCUT2D eigenvalue weighted by atomic mass is 10.1. The van der Waals surface area contributed by atoms with Gasteiger partial charge < -0.3 is 10.5 Å². The Balaban J connectivity index is 2.40. The number of hydrogen-bond acceptors (Lipinski definition) is 2. The molecule has 0 aliphatic heterocycles. The zero-order chi connectivity index (χ0) is 14.0. The van der Waals surface area contributed by atoms with Crippen molar-refractivity contribution < 1.29 is 4.74 Å². The molecule has 5 heteroatoms. The van der Waals surface area contributed by atoms with Gasteiger partial charge in [0.15, 0.2) is 0 Å². The molecule has 0 saturated heterocycles. The summed E-state index contributed by atoms with van der Waals surface area (Å²) in [4.78, 5) is 0. The Labute approximate surface area is 130 Å². The van der Waals surface area contributed by atoms with Gasteiger partial charge in [-0.15, -0.1) is 0 Å². The molecule has 0 saturated carbocycles. The predicted octanol–water partition coefficient (Wildman–Crippen LogP) is 5.57. The van der Waals surface area contributed by atoms with Crippen LogP contribution in [0.1, 0.15) is 18.5 Å². The van der Waals surface area contributed by atoms with E-state index in [2.05, 4.69) is 15.9 Å². The third-order valence-electron chi connectivity index (χ3n) is 2.58. The minimum absolute atomic E-state index is 0.148. The highest BCUT2D eigenvalue weighted by molar-refractivity contribution is 9.10. The lowest BCUT2D eigenvalue weighted by Gasteiger charge is -2.15. The lowest BCUT2D eigenvalue weighted by Crippen LogP contribution is -2.06. The number of rotatable bonds is 3. The Morgan fingerprint density at radius 3 is 2.53 bits per heavy atom. The Morgan fingerprint density at radius 2 is 1.84 bits per heavy atom. The zero-order valence-corrected chi connectivity index (χ0v) is 13.3. The van der Waals surface area contributed by atoms with E-state index in [1.807, 2.05) is 25.1 Å². The van der Waals surface area contributed by atoms with Gasteiger partial charge in [-0.25, -0.2) is 0 Å². The van der Waals surface area contributed by atoms with Crippen LogP contribution in [0.5, 0.6) is 11.5 Å². The van der Waals surface area contributed by atoms with Crippen LogP contribution in [-0.4, -0.2) is 0 Å². The van der Waals surface area contributed by atoms with Gasteiger partial charge in [0, 0.05) is 27.2 Å². The van der Waals surface area contributed by atoms with E-state index < -0.39 is 0 Å². The van der Waals surface area contributed by atoms with Crippen LogP contribution in [0.4, 0.5) is 0 Å². The van der Waals surface area contributed by atoms with Crippen molar-refractivity contribution in [3.05, 3.63) is 56.5 Å². The van der Waals surface area contributed by atoms with Gasteiger partial charge in [0.25, 0.3) is 0 Å². The second kappa shape index (κ2) is 6.14. The largest absolute Gasteiger partial charge is 0.455 e. The maximum atomic E-state index is 6.09. The van der Waals surface area contributed by atoms with Crippen molar-refractivity contribution in [2.45, 2.75) is 13.0 Å². The van der Waals surface area contributed by atoms with Crippen LogP contribution in [-0.2, 0) is 0 Å². The highest BCUT2D eigenvalue weighted by Gasteiger charge is 2.11. The number of ether oxygens (including phenoxy) is 1. The molecule has 0 amide bonds. The van der Waals surface area contributed by atoms with E-state index in [0.29, 0.717) is 21.5 Å². The van der Waals surface area contributed by atoms with Gasteiger partial charge in [-0.05, 0) is 37.3 Å². The fourth-order valence-electron chi connectivity index (χ4n) is 1.64. The molecule has 19 heavy (non-hydrogen) atoms. The molecule has 1 atom stereocenters. The number of benzene rings is 2. The summed E-state index contributed by atoms with van der Waals surface area (Å²) in [5, 5.41) is 1.07. The summed E-state index contributed by atoms with van der Waals surface area (Å²) in [6.07, 6.45) is 0. The molecule has 100 valence electrons. The molecule has 0 bridgehead atoms. The van der Waals surface area contributed by atoms with Gasteiger partial charge in [-0.3, -0.25) is 0 Å². The topological polar surface area (TPSA) is 35.2 Å². The van der Waals surface area contributed by atoms with Gasteiger partial charge >= 0.3 is 0 Å². The Hall–Kier alpha value is -0.740. The van der Waals surface area contributed by atoms with Crippen LogP contribution in [0, 0.1) is 0 Å². The van der Waals surface area contributed by atoms with Crippen molar-refractivity contribution in [1.82, 2.24) is 0 Å². The Bertz CT molecular complexity index is 602. The van der Waals surface area contributed by atoms with Gasteiger partial charge in [0.1, 0.15) is 11.5 Å². The average Bonchev–Trinajstić information content (AvgIpc) is 2.35. The summed E-state index contributed by atoms with van der Waals surface area (Å²) in [6, 6.07) is 10.6. The molecule has 1 unspecified atom stereocenters. The summed E-state index contributed by atoms with van der Waals surface area (Å²) in [7, 11) is 0. The first kappa shape index (κ1) is 14.7. The molecule has 0 radical (unpaired) electrons. The maximum Gasteiger partial charge on any atom is 0.147 e. The van der Waals surface area contributed by atoms with Crippen LogP contribution in [0.2, 0.25) is 10.0 Å². The van der Waals surface area contributed by atoms with Crippen molar-refractivity contribution in [3.8, 4) is 11.5 Å². The number of nitrogens with two attached hydrogens (primary N) is 1. The van der Waals surface area contributed by atoms with Crippen molar-refractivity contribution >= 4 is 39.1 Å². The number of hydrogen-bond donors (Lipinski definition) is 1. The normalized spacial score (nSPS) is 12.3. The van der Waals surface area contributed by atoms with Gasteiger partial charge in [-0.2, -0.15) is 0 Å². The van der Waals surface area contributed by atoms with Crippen molar-refractivity contribution in [2.24, 2.45) is 5.73 Å². The zero-order valence-electron chi connectivity index (χ0n) is 10.2. The van der Waals surface area contributed by atoms with Crippen LogP contribution < -0.4 is 10.5 Å². The third kappa shape index (κ3) is 3.63. The smallest absolute Gasteiger partial charge is 0.147 e. The molecule has 0 heterocycles.